The molecule has 0 saturated carbocycles. The Hall–Kier alpha value is -3.06. The lowest BCUT2D eigenvalue weighted by atomic mass is 10.1. The summed E-state index contributed by atoms with van der Waals surface area (Å²) in [5.74, 6) is 0. The zero-order chi connectivity index (χ0) is 13.9. The van der Waals surface area contributed by atoms with Crippen molar-refractivity contribution in [3.05, 3.63) is 60.4 Å². The summed E-state index contributed by atoms with van der Waals surface area (Å²) in [7, 11) is 0. The first kappa shape index (κ1) is 12.0. The van der Waals surface area contributed by atoms with Crippen molar-refractivity contribution in [2.24, 2.45) is 0 Å². The van der Waals surface area contributed by atoms with Crippen LogP contribution in [0.2, 0.25) is 0 Å². The maximum atomic E-state index is 8.88. The molecular weight excluding hydrogens is 248 g/mol. The van der Waals surface area contributed by atoms with E-state index in [1.807, 2.05) is 36.5 Å². The fourth-order valence-electron chi connectivity index (χ4n) is 2.12. The van der Waals surface area contributed by atoms with Crippen molar-refractivity contribution in [1.82, 2.24) is 4.98 Å². The van der Waals surface area contributed by atoms with E-state index < -0.39 is 0 Å². The SMILES string of the molecule is N#Cc1ccc(Nc2cccc3ccncc23)cc1N. The molecule has 0 amide bonds. The van der Waals surface area contributed by atoms with Crippen LogP contribution in [0.25, 0.3) is 10.8 Å². The number of fused-ring (bicyclic) bond motifs is 1. The molecule has 3 aromatic rings. The average molecular weight is 260 g/mol. The summed E-state index contributed by atoms with van der Waals surface area (Å²) < 4.78 is 0. The van der Waals surface area contributed by atoms with E-state index in [2.05, 4.69) is 16.4 Å². The van der Waals surface area contributed by atoms with Crippen LogP contribution in [0.4, 0.5) is 17.1 Å². The minimum Gasteiger partial charge on any atom is -0.398 e. The van der Waals surface area contributed by atoms with Gasteiger partial charge in [-0.3, -0.25) is 4.98 Å². The van der Waals surface area contributed by atoms with Gasteiger partial charge in [-0.1, -0.05) is 12.1 Å². The van der Waals surface area contributed by atoms with E-state index >= 15 is 0 Å². The van der Waals surface area contributed by atoms with Crippen molar-refractivity contribution in [2.75, 3.05) is 11.1 Å². The van der Waals surface area contributed by atoms with Crippen LogP contribution in [0.3, 0.4) is 0 Å². The Balaban J connectivity index is 2.02. The Bertz CT molecular complexity index is 813. The van der Waals surface area contributed by atoms with Crippen molar-refractivity contribution in [1.29, 1.82) is 5.26 Å². The molecule has 0 unspecified atom stereocenters. The monoisotopic (exact) mass is 260 g/mol. The van der Waals surface area contributed by atoms with Gasteiger partial charge >= 0.3 is 0 Å². The van der Waals surface area contributed by atoms with E-state index in [1.165, 1.54) is 0 Å². The summed E-state index contributed by atoms with van der Waals surface area (Å²) in [6, 6.07) is 15.3. The molecule has 0 aliphatic rings. The van der Waals surface area contributed by atoms with Gasteiger partial charge in [0.25, 0.3) is 0 Å². The molecule has 0 aliphatic carbocycles. The van der Waals surface area contributed by atoms with Gasteiger partial charge in [-0.05, 0) is 35.7 Å². The molecule has 1 heterocycles. The second kappa shape index (κ2) is 4.90. The Kier molecular flexibility index (Phi) is 2.94. The maximum absolute atomic E-state index is 8.88. The van der Waals surface area contributed by atoms with Gasteiger partial charge in [0.2, 0.25) is 0 Å². The van der Waals surface area contributed by atoms with Crippen molar-refractivity contribution in [2.45, 2.75) is 0 Å². The Labute approximate surface area is 116 Å². The fourth-order valence-corrected chi connectivity index (χ4v) is 2.12. The van der Waals surface area contributed by atoms with Crippen molar-refractivity contribution in [3.63, 3.8) is 0 Å². The van der Waals surface area contributed by atoms with Crippen LogP contribution in [0.5, 0.6) is 0 Å². The Morgan fingerprint density at radius 2 is 2.05 bits per heavy atom. The minimum atomic E-state index is 0.468. The molecule has 0 fully saturated rings. The third kappa shape index (κ3) is 2.13. The van der Waals surface area contributed by atoms with E-state index in [1.54, 1.807) is 18.3 Å². The molecule has 4 nitrogen and oxygen atoms in total. The highest BCUT2D eigenvalue weighted by atomic mass is 14.9. The standard InChI is InChI=1S/C16H12N4/c17-9-12-4-5-13(8-15(12)18)20-16-3-1-2-11-6-7-19-10-14(11)16/h1-8,10,20H,18H2. The van der Waals surface area contributed by atoms with Gasteiger partial charge in [0.15, 0.2) is 0 Å². The summed E-state index contributed by atoms with van der Waals surface area (Å²) in [5, 5.41) is 14.3. The van der Waals surface area contributed by atoms with Crippen LogP contribution in [-0.4, -0.2) is 4.98 Å². The molecule has 0 radical (unpaired) electrons. The van der Waals surface area contributed by atoms with Gasteiger partial charge in [-0.25, -0.2) is 0 Å². The van der Waals surface area contributed by atoms with E-state index in [0.29, 0.717) is 11.3 Å². The molecule has 0 saturated heterocycles. The van der Waals surface area contributed by atoms with E-state index in [4.69, 9.17) is 11.0 Å². The minimum absolute atomic E-state index is 0.468. The highest BCUT2D eigenvalue weighted by Gasteiger charge is 2.03. The number of nitrogens with two attached hydrogens (primary N) is 1. The van der Waals surface area contributed by atoms with E-state index in [-0.39, 0.29) is 0 Å². The number of nitriles is 1. The van der Waals surface area contributed by atoms with Gasteiger partial charge in [0.1, 0.15) is 6.07 Å². The van der Waals surface area contributed by atoms with Crippen molar-refractivity contribution < 1.29 is 0 Å². The maximum Gasteiger partial charge on any atom is 0.101 e. The van der Waals surface area contributed by atoms with Gasteiger partial charge in [0, 0.05) is 29.2 Å². The van der Waals surface area contributed by atoms with Crippen LogP contribution in [-0.2, 0) is 0 Å². The highest BCUT2D eigenvalue weighted by molar-refractivity contribution is 5.94. The van der Waals surface area contributed by atoms with Crippen molar-refractivity contribution in [3.8, 4) is 6.07 Å². The first-order valence-electron chi connectivity index (χ1n) is 6.17. The Morgan fingerprint density at radius 1 is 1.15 bits per heavy atom. The summed E-state index contributed by atoms with van der Waals surface area (Å²) in [5.41, 5.74) is 8.58. The second-order valence-electron chi connectivity index (χ2n) is 4.44. The number of benzene rings is 2. The number of hydrogen-bond acceptors (Lipinski definition) is 4. The lowest BCUT2D eigenvalue weighted by Crippen LogP contribution is -1.95. The summed E-state index contributed by atoms with van der Waals surface area (Å²) >= 11 is 0. The first-order valence-corrected chi connectivity index (χ1v) is 6.17. The number of pyridine rings is 1. The fraction of sp³-hybridized carbons (Fsp3) is 0. The number of aromatic nitrogens is 1. The number of hydrogen-bond donors (Lipinski definition) is 2. The van der Waals surface area contributed by atoms with Crippen LogP contribution in [0.15, 0.2) is 54.9 Å². The summed E-state index contributed by atoms with van der Waals surface area (Å²) in [6.45, 7) is 0. The summed E-state index contributed by atoms with van der Waals surface area (Å²) in [6.07, 6.45) is 3.59. The van der Waals surface area contributed by atoms with Gasteiger partial charge < -0.3 is 11.1 Å². The number of anilines is 3. The largest absolute Gasteiger partial charge is 0.398 e. The zero-order valence-electron chi connectivity index (χ0n) is 10.7. The number of nitrogens with one attached hydrogen (secondary N) is 1. The third-order valence-electron chi connectivity index (χ3n) is 3.13. The first-order chi connectivity index (χ1) is 9.78. The summed E-state index contributed by atoms with van der Waals surface area (Å²) in [4.78, 5) is 4.15. The average Bonchev–Trinajstić information content (AvgIpc) is 2.48. The quantitative estimate of drug-likeness (QED) is 0.692. The van der Waals surface area contributed by atoms with Crippen LogP contribution in [0, 0.1) is 11.3 Å². The molecule has 96 valence electrons. The predicted octanol–water partition coefficient (Wildman–Crippen LogP) is 3.43. The molecular formula is C16H12N4. The molecule has 20 heavy (non-hydrogen) atoms. The van der Waals surface area contributed by atoms with Crippen LogP contribution < -0.4 is 11.1 Å². The molecule has 0 aliphatic heterocycles. The lowest BCUT2D eigenvalue weighted by molar-refractivity contribution is 1.36. The molecule has 0 bridgehead atoms. The molecule has 3 rings (SSSR count). The highest BCUT2D eigenvalue weighted by Crippen LogP contribution is 2.27. The lowest BCUT2D eigenvalue weighted by Gasteiger charge is -2.10. The smallest absolute Gasteiger partial charge is 0.101 e. The van der Waals surface area contributed by atoms with Gasteiger partial charge in [-0.15, -0.1) is 0 Å². The van der Waals surface area contributed by atoms with Gasteiger partial charge in [-0.2, -0.15) is 5.26 Å². The normalized spacial score (nSPS) is 10.2. The topological polar surface area (TPSA) is 74.7 Å². The molecule has 3 N–H and O–H groups in total. The number of nitrogen functional groups attached to an aromatic ring is 1. The molecule has 0 atom stereocenters. The third-order valence-corrected chi connectivity index (χ3v) is 3.13. The Morgan fingerprint density at radius 3 is 2.85 bits per heavy atom. The number of rotatable bonds is 2. The second-order valence-corrected chi connectivity index (χ2v) is 4.44. The molecule has 0 spiro atoms. The van der Waals surface area contributed by atoms with Crippen LogP contribution in [0.1, 0.15) is 5.56 Å². The predicted molar refractivity (Wildman–Crippen MR) is 80.6 cm³/mol. The van der Waals surface area contributed by atoms with Gasteiger partial charge in [0.05, 0.1) is 11.3 Å². The molecule has 2 aromatic carbocycles. The zero-order valence-corrected chi connectivity index (χ0v) is 10.7. The molecule has 4 heteroatoms. The van der Waals surface area contributed by atoms with Crippen LogP contribution >= 0.6 is 0 Å². The number of nitrogens with zero attached hydrogens (tertiary/aromatic N) is 2. The molecule has 1 aromatic heterocycles. The van der Waals surface area contributed by atoms with Crippen molar-refractivity contribution >= 4 is 27.8 Å². The van der Waals surface area contributed by atoms with E-state index in [0.717, 1.165) is 22.1 Å². The van der Waals surface area contributed by atoms with E-state index in [9.17, 15) is 0 Å².